The minimum atomic E-state index is -0.107. The zero-order valence-electron chi connectivity index (χ0n) is 11.5. The van der Waals surface area contributed by atoms with Gasteiger partial charge in [0.05, 0.1) is 5.56 Å². The van der Waals surface area contributed by atoms with Crippen molar-refractivity contribution in [1.29, 1.82) is 0 Å². The number of ether oxygens (including phenoxy) is 1. The van der Waals surface area contributed by atoms with Gasteiger partial charge < -0.3 is 14.6 Å². The van der Waals surface area contributed by atoms with Crippen molar-refractivity contribution >= 4 is 5.69 Å². The molecule has 1 atom stereocenters. The van der Waals surface area contributed by atoms with Gasteiger partial charge in [-0.15, -0.1) is 0 Å². The smallest absolute Gasteiger partial charge is 0.260 e. The van der Waals surface area contributed by atoms with E-state index in [1.54, 1.807) is 0 Å². The molecule has 1 unspecified atom stereocenters. The van der Waals surface area contributed by atoms with E-state index in [9.17, 15) is 0 Å². The Morgan fingerprint density at radius 1 is 1.32 bits per heavy atom. The van der Waals surface area contributed by atoms with Gasteiger partial charge in [0, 0.05) is 19.3 Å². The summed E-state index contributed by atoms with van der Waals surface area (Å²) < 4.78 is 10.9. The van der Waals surface area contributed by atoms with E-state index in [0.29, 0.717) is 18.3 Å². The molecule has 0 fully saturated rings. The number of rotatable bonds is 6. The maximum Gasteiger partial charge on any atom is 0.260 e. The van der Waals surface area contributed by atoms with E-state index in [4.69, 9.17) is 9.26 Å². The average molecular weight is 261 g/mol. The zero-order valence-corrected chi connectivity index (χ0v) is 11.5. The predicted octanol–water partition coefficient (Wildman–Crippen LogP) is 3.27. The summed E-state index contributed by atoms with van der Waals surface area (Å²) in [6, 6.07) is 7.82. The molecule has 0 bridgehead atoms. The van der Waals surface area contributed by atoms with Crippen LogP contribution in [0.15, 0.2) is 28.8 Å². The lowest BCUT2D eigenvalue weighted by Crippen LogP contribution is -2.04. The van der Waals surface area contributed by atoms with Crippen molar-refractivity contribution in [2.75, 3.05) is 19.0 Å². The molecule has 0 saturated carbocycles. The van der Waals surface area contributed by atoms with Crippen LogP contribution in [0, 0.1) is 0 Å². The molecule has 1 aromatic heterocycles. The fraction of sp³-hybridized carbons (Fsp3) is 0.429. The van der Waals surface area contributed by atoms with Crippen LogP contribution in [0.5, 0.6) is 0 Å². The van der Waals surface area contributed by atoms with E-state index >= 15 is 0 Å². The average Bonchev–Trinajstić information content (AvgIpc) is 2.94. The first-order valence-corrected chi connectivity index (χ1v) is 6.52. The van der Waals surface area contributed by atoms with Gasteiger partial charge in [-0.1, -0.05) is 24.2 Å². The highest BCUT2D eigenvalue weighted by molar-refractivity contribution is 5.72. The first kappa shape index (κ1) is 13.5. The van der Waals surface area contributed by atoms with Gasteiger partial charge in [-0.25, -0.2) is 0 Å². The fourth-order valence-corrected chi connectivity index (χ4v) is 1.94. The molecule has 1 heterocycles. The van der Waals surface area contributed by atoms with Gasteiger partial charge in [0.15, 0.2) is 0 Å². The molecule has 0 aliphatic rings. The Bertz CT molecular complexity index is 525. The van der Waals surface area contributed by atoms with Crippen LogP contribution in [0.4, 0.5) is 5.69 Å². The Morgan fingerprint density at radius 2 is 2.11 bits per heavy atom. The highest BCUT2D eigenvalue weighted by Crippen LogP contribution is 2.28. The summed E-state index contributed by atoms with van der Waals surface area (Å²) in [4.78, 5) is 4.44. The molecule has 0 aliphatic carbocycles. The van der Waals surface area contributed by atoms with Gasteiger partial charge in [-0.05, 0) is 25.5 Å². The van der Waals surface area contributed by atoms with E-state index in [1.165, 1.54) is 0 Å². The fourth-order valence-electron chi connectivity index (χ4n) is 1.94. The molecule has 0 spiro atoms. The summed E-state index contributed by atoms with van der Waals surface area (Å²) in [5.74, 6) is 1.11. The molecule has 19 heavy (non-hydrogen) atoms. The van der Waals surface area contributed by atoms with E-state index < -0.39 is 0 Å². The van der Waals surface area contributed by atoms with E-state index in [2.05, 4.69) is 15.5 Å². The molecule has 1 aromatic carbocycles. The maximum absolute atomic E-state index is 5.58. The van der Waals surface area contributed by atoms with E-state index in [-0.39, 0.29) is 6.10 Å². The van der Waals surface area contributed by atoms with Crippen LogP contribution in [-0.2, 0) is 4.74 Å². The number of nitrogens with zero attached hydrogens (tertiary/aromatic N) is 2. The molecule has 5 heteroatoms. The predicted molar refractivity (Wildman–Crippen MR) is 73.9 cm³/mol. The standard InChI is InChI=1S/C14H19N3O2/c1-4-12(18-5-2)13-16-14(19-17-13)10-8-6-7-9-11(10)15-3/h6-9,12,15H,4-5H2,1-3H3. The van der Waals surface area contributed by atoms with Crippen molar-refractivity contribution in [2.45, 2.75) is 26.4 Å². The lowest BCUT2D eigenvalue weighted by atomic mass is 10.2. The van der Waals surface area contributed by atoms with Crippen molar-refractivity contribution in [2.24, 2.45) is 0 Å². The molecule has 2 aromatic rings. The minimum absolute atomic E-state index is 0.107. The first-order valence-electron chi connectivity index (χ1n) is 6.52. The summed E-state index contributed by atoms with van der Waals surface area (Å²) >= 11 is 0. The Kier molecular flexibility index (Phi) is 4.52. The molecule has 5 nitrogen and oxygen atoms in total. The van der Waals surface area contributed by atoms with Gasteiger partial charge in [-0.2, -0.15) is 4.98 Å². The topological polar surface area (TPSA) is 60.2 Å². The zero-order chi connectivity index (χ0) is 13.7. The lowest BCUT2D eigenvalue weighted by molar-refractivity contribution is 0.0518. The second-order valence-corrected chi connectivity index (χ2v) is 4.11. The minimum Gasteiger partial charge on any atom is -0.387 e. The third-order valence-corrected chi connectivity index (χ3v) is 2.90. The number of hydrogen-bond donors (Lipinski definition) is 1. The van der Waals surface area contributed by atoms with Crippen molar-refractivity contribution in [1.82, 2.24) is 10.1 Å². The van der Waals surface area contributed by atoms with Crippen LogP contribution in [0.3, 0.4) is 0 Å². The van der Waals surface area contributed by atoms with Gasteiger partial charge >= 0.3 is 0 Å². The van der Waals surface area contributed by atoms with Crippen LogP contribution >= 0.6 is 0 Å². The van der Waals surface area contributed by atoms with Gasteiger partial charge in [0.2, 0.25) is 5.82 Å². The summed E-state index contributed by atoms with van der Waals surface area (Å²) in [5.41, 5.74) is 1.86. The highest BCUT2D eigenvalue weighted by atomic mass is 16.5. The number of anilines is 1. The van der Waals surface area contributed by atoms with E-state index in [1.807, 2.05) is 45.2 Å². The second kappa shape index (κ2) is 6.33. The Balaban J connectivity index is 2.30. The molecule has 1 N–H and O–H groups in total. The van der Waals surface area contributed by atoms with Crippen molar-refractivity contribution in [3.63, 3.8) is 0 Å². The van der Waals surface area contributed by atoms with Crippen molar-refractivity contribution in [3.8, 4) is 11.5 Å². The summed E-state index contributed by atoms with van der Waals surface area (Å²) in [6.45, 7) is 4.63. The lowest BCUT2D eigenvalue weighted by Gasteiger charge is -2.09. The maximum atomic E-state index is 5.58. The summed E-state index contributed by atoms with van der Waals surface area (Å²) in [5, 5.41) is 7.13. The molecular formula is C14H19N3O2. The van der Waals surface area contributed by atoms with Gasteiger partial charge in [0.25, 0.3) is 5.89 Å². The van der Waals surface area contributed by atoms with Gasteiger partial charge in [-0.3, -0.25) is 0 Å². The van der Waals surface area contributed by atoms with Crippen LogP contribution < -0.4 is 5.32 Å². The van der Waals surface area contributed by atoms with Crippen molar-refractivity contribution < 1.29 is 9.26 Å². The SMILES string of the molecule is CCOC(CC)c1noc(-c2ccccc2NC)n1. The van der Waals surface area contributed by atoms with E-state index in [0.717, 1.165) is 17.7 Å². The van der Waals surface area contributed by atoms with Crippen molar-refractivity contribution in [3.05, 3.63) is 30.1 Å². The monoisotopic (exact) mass is 261 g/mol. The van der Waals surface area contributed by atoms with Crippen LogP contribution in [0.1, 0.15) is 32.2 Å². The third kappa shape index (κ3) is 2.93. The summed E-state index contributed by atoms with van der Waals surface area (Å²) in [7, 11) is 1.87. The molecule has 0 saturated heterocycles. The third-order valence-electron chi connectivity index (χ3n) is 2.90. The Labute approximate surface area is 113 Å². The first-order chi connectivity index (χ1) is 9.30. The number of para-hydroxylation sites is 1. The van der Waals surface area contributed by atoms with Gasteiger partial charge in [0.1, 0.15) is 6.10 Å². The second-order valence-electron chi connectivity index (χ2n) is 4.11. The van der Waals surface area contributed by atoms with Crippen LogP contribution in [0.25, 0.3) is 11.5 Å². The molecule has 0 amide bonds. The van der Waals surface area contributed by atoms with Crippen LogP contribution in [0.2, 0.25) is 0 Å². The number of nitrogens with one attached hydrogen (secondary N) is 1. The molecule has 2 rings (SSSR count). The molecule has 102 valence electrons. The Hall–Kier alpha value is -1.88. The molecular weight excluding hydrogens is 242 g/mol. The number of benzene rings is 1. The number of aromatic nitrogens is 2. The highest BCUT2D eigenvalue weighted by Gasteiger charge is 2.18. The Morgan fingerprint density at radius 3 is 2.79 bits per heavy atom. The molecule has 0 aliphatic heterocycles. The largest absolute Gasteiger partial charge is 0.387 e. The normalized spacial score (nSPS) is 12.4. The van der Waals surface area contributed by atoms with Crippen LogP contribution in [-0.4, -0.2) is 23.8 Å². The molecule has 0 radical (unpaired) electrons. The number of hydrogen-bond acceptors (Lipinski definition) is 5. The quantitative estimate of drug-likeness (QED) is 0.864. The summed E-state index contributed by atoms with van der Waals surface area (Å²) in [6.07, 6.45) is 0.713.